The molecule has 1 amide bonds. The molecule has 0 bridgehead atoms. The number of carbonyl (C=O) groups is 3. The van der Waals surface area contributed by atoms with E-state index in [1.807, 2.05) is 30.3 Å². The van der Waals surface area contributed by atoms with Gasteiger partial charge in [0, 0.05) is 18.9 Å². The Morgan fingerprint density at radius 3 is 2.54 bits per heavy atom. The monoisotopic (exact) mass is 511 g/mol. The number of carboxylic acids is 1. The zero-order valence-corrected chi connectivity index (χ0v) is 20.5. The quantitative estimate of drug-likeness (QED) is 0.240. The van der Waals surface area contributed by atoms with E-state index in [1.165, 1.54) is 17.0 Å². The lowest BCUT2D eigenvalue weighted by Crippen LogP contribution is -2.48. The molecule has 0 aliphatic rings. The van der Waals surface area contributed by atoms with Crippen LogP contribution in [0.3, 0.4) is 0 Å². The summed E-state index contributed by atoms with van der Waals surface area (Å²) in [6, 6.07) is 7.13. The van der Waals surface area contributed by atoms with Crippen molar-refractivity contribution in [3.8, 4) is 0 Å². The number of hydrogen-bond acceptors (Lipinski definition) is 10. The maximum atomic E-state index is 13.1. The number of carbonyl (C=O) groups excluding carboxylic acids is 2. The molecule has 0 radical (unpaired) electrons. The Balaban J connectivity index is 1.68. The van der Waals surface area contributed by atoms with E-state index in [2.05, 4.69) is 35.9 Å². The fraction of sp³-hybridized carbons (Fsp3) is 0.375. The molecule has 0 saturated heterocycles. The molecule has 3 aromatic rings. The smallest absolute Gasteiger partial charge is 0.305 e. The molecule has 0 aliphatic carbocycles. The second-order valence-electron chi connectivity index (χ2n) is 8.28. The van der Waals surface area contributed by atoms with E-state index >= 15 is 0 Å². The van der Waals surface area contributed by atoms with Gasteiger partial charge in [-0.2, -0.15) is 0 Å². The number of aryl methyl sites for hydroxylation is 1. The number of aromatic nitrogens is 4. The highest BCUT2D eigenvalue weighted by Crippen LogP contribution is 2.12. The number of amides is 1. The fourth-order valence-corrected chi connectivity index (χ4v) is 3.61. The molecule has 1 aromatic carbocycles. The van der Waals surface area contributed by atoms with Gasteiger partial charge >= 0.3 is 5.97 Å². The molecule has 4 N–H and O–H groups in total. The van der Waals surface area contributed by atoms with Crippen LogP contribution in [-0.2, 0) is 27.5 Å². The maximum absolute atomic E-state index is 13.1. The largest absolute Gasteiger partial charge is 0.481 e. The van der Waals surface area contributed by atoms with E-state index in [0.29, 0.717) is 17.9 Å². The second-order valence-corrected chi connectivity index (χ2v) is 8.28. The highest BCUT2D eigenvalue weighted by atomic mass is 16.6. The number of benzene rings is 1. The first-order chi connectivity index (χ1) is 17.8. The van der Waals surface area contributed by atoms with Gasteiger partial charge < -0.3 is 21.1 Å². The van der Waals surface area contributed by atoms with Crippen molar-refractivity contribution in [2.45, 2.75) is 51.9 Å². The van der Waals surface area contributed by atoms with Crippen molar-refractivity contribution in [2.24, 2.45) is 0 Å². The lowest BCUT2D eigenvalue weighted by molar-refractivity contribution is -0.140. The number of carboxylic acid groups (broad SMARTS) is 1. The van der Waals surface area contributed by atoms with Crippen molar-refractivity contribution < 1.29 is 24.1 Å². The third-order valence-electron chi connectivity index (χ3n) is 5.62. The third kappa shape index (κ3) is 7.54. The molecule has 2 heterocycles. The molecular weight excluding hydrogens is 482 g/mol. The van der Waals surface area contributed by atoms with Gasteiger partial charge in [0.05, 0.1) is 25.6 Å². The highest BCUT2D eigenvalue weighted by Gasteiger charge is 2.28. The fourth-order valence-electron chi connectivity index (χ4n) is 3.61. The predicted octanol–water partition coefficient (Wildman–Crippen LogP) is 0.816. The lowest BCUT2D eigenvalue weighted by Gasteiger charge is -2.22. The zero-order valence-electron chi connectivity index (χ0n) is 20.5. The molecule has 0 spiro atoms. The van der Waals surface area contributed by atoms with Gasteiger partial charge in [0.25, 0.3) is 5.56 Å². The van der Waals surface area contributed by atoms with E-state index in [-0.39, 0.29) is 25.3 Å². The van der Waals surface area contributed by atoms with Crippen LogP contribution >= 0.6 is 0 Å². The van der Waals surface area contributed by atoms with E-state index in [4.69, 9.17) is 0 Å². The Labute approximate surface area is 212 Å². The van der Waals surface area contributed by atoms with E-state index in [1.54, 1.807) is 13.8 Å². The lowest BCUT2D eigenvalue weighted by atomic mass is 10.1. The Hall–Kier alpha value is -4.39. The van der Waals surface area contributed by atoms with Crippen LogP contribution in [0.4, 0.5) is 5.82 Å². The number of anilines is 1. The van der Waals surface area contributed by atoms with Crippen LogP contribution in [0.15, 0.2) is 52.1 Å². The molecule has 0 saturated carbocycles. The Bertz CT molecular complexity index is 1270. The Morgan fingerprint density at radius 2 is 1.89 bits per heavy atom. The molecule has 0 fully saturated rings. The van der Waals surface area contributed by atoms with Gasteiger partial charge in [0.2, 0.25) is 5.91 Å². The van der Waals surface area contributed by atoms with Gasteiger partial charge in [0.1, 0.15) is 17.4 Å². The summed E-state index contributed by atoms with van der Waals surface area (Å²) in [7, 11) is 0. The van der Waals surface area contributed by atoms with Gasteiger partial charge in [-0.3, -0.25) is 23.7 Å². The third-order valence-corrected chi connectivity index (χ3v) is 5.62. The summed E-state index contributed by atoms with van der Waals surface area (Å²) >= 11 is 0. The first-order valence-electron chi connectivity index (χ1n) is 11.7. The number of Topliss-reactive ketones (excluding diaryl/α,β-unsaturated/α-hetero) is 1. The highest BCUT2D eigenvalue weighted by molar-refractivity contribution is 5.93. The van der Waals surface area contributed by atoms with Crippen molar-refractivity contribution >= 4 is 23.5 Å². The summed E-state index contributed by atoms with van der Waals surface area (Å²) in [5.74, 6) is -2.39. The molecule has 2 atom stereocenters. The molecule has 3 rings (SSSR count). The van der Waals surface area contributed by atoms with Crippen LogP contribution in [0.25, 0.3) is 0 Å². The van der Waals surface area contributed by atoms with Gasteiger partial charge in [0.15, 0.2) is 11.6 Å². The van der Waals surface area contributed by atoms with Crippen LogP contribution in [0.1, 0.15) is 42.8 Å². The van der Waals surface area contributed by atoms with Crippen LogP contribution in [0.2, 0.25) is 0 Å². The normalized spacial score (nSPS) is 12.5. The summed E-state index contributed by atoms with van der Waals surface area (Å²) in [4.78, 5) is 54.3. The number of ketones is 1. The first-order valence-corrected chi connectivity index (χ1v) is 11.7. The molecule has 13 heteroatoms. The predicted molar refractivity (Wildman–Crippen MR) is 132 cm³/mol. The van der Waals surface area contributed by atoms with E-state index < -0.39 is 41.7 Å². The molecule has 2 aromatic heterocycles. The minimum atomic E-state index is -1.26. The number of aliphatic carboxylic acids is 1. The second kappa shape index (κ2) is 13.1. The number of hydrogen-bond donors (Lipinski definition) is 4. The molecular formula is C24H29N7O6. The summed E-state index contributed by atoms with van der Waals surface area (Å²) in [6.45, 7) is 3.81. The Kier molecular flexibility index (Phi) is 9.61. The van der Waals surface area contributed by atoms with Gasteiger partial charge in [-0.15, -0.1) is 0 Å². The van der Waals surface area contributed by atoms with Crippen LogP contribution in [-0.4, -0.2) is 55.2 Å². The molecule has 13 nitrogen and oxygen atoms in total. The minimum Gasteiger partial charge on any atom is -0.481 e. The van der Waals surface area contributed by atoms with Crippen LogP contribution < -0.4 is 21.5 Å². The number of nitrogens with one attached hydrogen (secondary N) is 3. The van der Waals surface area contributed by atoms with Crippen molar-refractivity contribution in [3.63, 3.8) is 0 Å². The standard InChI is InChI=1S/C24H29N7O6/c1-3-19(31-10-9-26-22(24(31)36)27-13-18-15(2)29-37-30-18)23(35)28-17(11-21(33)34)20(32)14-25-12-16-7-5-4-6-8-16/h4-10,17,19,25H,3,11-14H2,1-2H3,(H,26,27)(H,28,35)(H,33,34)/t17-,19+/m0/s1. The van der Waals surface area contributed by atoms with Crippen molar-refractivity contribution in [2.75, 3.05) is 11.9 Å². The van der Waals surface area contributed by atoms with Crippen LogP contribution in [0, 0.1) is 6.92 Å². The maximum Gasteiger partial charge on any atom is 0.305 e. The van der Waals surface area contributed by atoms with Crippen LogP contribution in [0.5, 0.6) is 0 Å². The SMILES string of the molecule is CC[C@H](C(=O)N[C@@H](CC(=O)O)C(=O)CNCc1ccccc1)n1ccnc(NCc2nonc2C)c1=O. The van der Waals surface area contributed by atoms with Crippen molar-refractivity contribution in [3.05, 3.63) is 70.0 Å². The first kappa shape index (κ1) is 27.2. The zero-order chi connectivity index (χ0) is 26.8. The summed E-state index contributed by atoms with van der Waals surface area (Å²) < 4.78 is 5.82. The average Bonchev–Trinajstić information content (AvgIpc) is 3.29. The van der Waals surface area contributed by atoms with Crippen molar-refractivity contribution in [1.29, 1.82) is 0 Å². The summed E-state index contributed by atoms with van der Waals surface area (Å²) in [6.07, 6.45) is 2.35. The van der Waals surface area contributed by atoms with E-state index in [0.717, 1.165) is 5.56 Å². The van der Waals surface area contributed by atoms with Gasteiger partial charge in [-0.05, 0) is 18.9 Å². The van der Waals surface area contributed by atoms with E-state index in [9.17, 15) is 24.3 Å². The molecule has 37 heavy (non-hydrogen) atoms. The van der Waals surface area contributed by atoms with Gasteiger partial charge in [-0.25, -0.2) is 9.61 Å². The molecule has 0 aliphatic heterocycles. The summed E-state index contributed by atoms with van der Waals surface area (Å²) in [5, 5.41) is 25.0. The molecule has 0 unspecified atom stereocenters. The molecule has 196 valence electrons. The average molecular weight is 512 g/mol. The Morgan fingerprint density at radius 1 is 1.14 bits per heavy atom. The summed E-state index contributed by atoms with van der Waals surface area (Å²) in [5.41, 5.74) is 1.44. The minimum absolute atomic E-state index is 0.0144. The topological polar surface area (TPSA) is 181 Å². The van der Waals surface area contributed by atoms with Crippen molar-refractivity contribution in [1.82, 2.24) is 30.5 Å². The van der Waals surface area contributed by atoms with Gasteiger partial charge in [-0.1, -0.05) is 47.6 Å². The number of rotatable bonds is 14. The number of nitrogens with zero attached hydrogens (tertiary/aromatic N) is 4.